The third kappa shape index (κ3) is 20.3. The van der Waals surface area contributed by atoms with Crippen LogP contribution in [0.1, 0.15) is 163 Å². The van der Waals surface area contributed by atoms with Crippen molar-refractivity contribution in [3.05, 3.63) is 11.8 Å². The zero-order valence-corrected chi connectivity index (χ0v) is 23.6. The third-order valence-electron chi connectivity index (χ3n) is 7.28. The van der Waals surface area contributed by atoms with Gasteiger partial charge in [-0.2, -0.15) is 0 Å². The van der Waals surface area contributed by atoms with E-state index in [-0.39, 0.29) is 0 Å². The second-order valence-electron chi connectivity index (χ2n) is 10.5. The van der Waals surface area contributed by atoms with E-state index in [1.54, 1.807) is 18.1 Å². The fourth-order valence-corrected chi connectivity index (χ4v) is 9.84. The first-order valence-electron chi connectivity index (χ1n) is 14.9. The van der Waals surface area contributed by atoms with Crippen LogP contribution >= 0.6 is 0 Å². The quantitative estimate of drug-likeness (QED) is 0.0957. The van der Waals surface area contributed by atoms with Gasteiger partial charge in [-0.15, -0.1) is 0 Å². The summed E-state index contributed by atoms with van der Waals surface area (Å²) in [6, 6.07) is 4.76. The van der Waals surface area contributed by atoms with Crippen LogP contribution in [0.25, 0.3) is 0 Å². The van der Waals surface area contributed by atoms with E-state index < -0.39 is 8.07 Å². The van der Waals surface area contributed by atoms with E-state index in [2.05, 4.69) is 39.5 Å². The number of hydrogen-bond donors (Lipinski definition) is 0. The first-order chi connectivity index (χ1) is 15.2. The first-order valence-corrected chi connectivity index (χ1v) is 17.6. The largest absolute Gasteiger partial charge is 0.0981 e. The van der Waals surface area contributed by atoms with Crippen LogP contribution in [0, 0.1) is 0 Å². The van der Waals surface area contributed by atoms with Crippen LogP contribution in [0.5, 0.6) is 0 Å². The standard InChI is InChI=1S/C30H62Si/c1-5-9-13-17-19-22-26-30-31(27-23-16-12-8-4,28-24-20-15-11-7-3)29-25-21-18-14-10-6-2/h26,30H,5-25,27-29H2,1-4H3. The average molecular weight is 451 g/mol. The second-order valence-corrected chi connectivity index (χ2v) is 15.0. The molecule has 0 bridgehead atoms. The molecule has 0 aliphatic carbocycles. The Bertz CT molecular complexity index is 361. The van der Waals surface area contributed by atoms with Gasteiger partial charge in [-0.1, -0.05) is 180 Å². The van der Waals surface area contributed by atoms with Gasteiger partial charge in [0.25, 0.3) is 0 Å². The Morgan fingerprint density at radius 1 is 0.387 bits per heavy atom. The van der Waals surface area contributed by atoms with Gasteiger partial charge in [-0.05, 0) is 12.8 Å². The van der Waals surface area contributed by atoms with Gasteiger partial charge in [-0.25, -0.2) is 0 Å². The predicted molar refractivity (Wildman–Crippen MR) is 149 cm³/mol. The molecule has 186 valence electrons. The smallest absolute Gasteiger partial charge is 0.0774 e. The Kier molecular flexibility index (Phi) is 24.6. The van der Waals surface area contributed by atoms with Gasteiger partial charge in [0.05, 0.1) is 8.07 Å². The lowest BCUT2D eigenvalue weighted by Crippen LogP contribution is -2.32. The van der Waals surface area contributed by atoms with E-state index in [0.717, 1.165) is 0 Å². The van der Waals surface area contributed by atoms with Gasteiger partial charge in [-0.3, -0.25) is 0 Å². The number of rotatable bonds is 25. The maximum Gasteiger partial charge on any atom is 0.0774 e. The summed E-state index contributed by atoms with van der Waals surface area (Å²) >= 11 is 0. The zero-order valence-electron chi connectivity index (χ0n) is 22.6. The summed E-state index contributed by atoms with van der Waals surface area (Å²) in [4.78, 5) is 0. The van der Waals surface area contributed by atoms with Crippen molar-refractivity contribution in [1.29, 1.82) is 0 Å². The molecule has 1 heteroatoms. The van der Waals surface area contributed by atoms with Gasteiger partial charge in [0.1, 0.15) is 0 Å². The van der Waals surface area contributed by atoms with Gasteiger partial charge >= 0.3 is 0 Å². The van der Waals surface area contributed by atoms with E-state index in [9.17, 15) is 0 Å². The van der Waals surface area contributed by atoms with Crippen molar-refractivity contribution in [2.24, 2.45) is 0 Å². The lowest BCUT2D eigenvalue weighted by Gasteiger charge is -2.29. The molecule has 1 atom stereocenters. The molecule has 0 rings (SSSR count). The Hall–Kier alpha value is -0.0431. The molecule has 0 amide bonds. The van der Waals surface area contributed by atoms with Crippen LogP contribution in [0.2, 0.25) is 18.1 Å². The molecule has 0 spiro atoms. The van der Waals surface area contributed by atoms with Crippen molar-refractivity contribution in [2.75, 3.05) is 0 Å². The maximum atomic E-state index is 2.88. The molecule has 0 nitrogen and oxygen atoms in total. The second kappa shape index (κ2) is 24.6. The SMILES string of the molecule is CCCCCCCC=C[Si](CCCCCC)(CCCCCCC)CCCCCCCC. The van der Waals surface area contributed by atoms with Crippen molar-refractivity contribution in [3.63, 3.8) is 0 Å². The molecule has 0 N–H and O–H groups in total. The Morgan fingerprint density at radius 2 is 0.710 bits per heavy atom. The highest BCUT2D eigenvalue weighted by molar-refractivity contribution is 6.84. The molecule has 0 saturated heterocycles. The van der Waals surface area contributed by atoms with E-state index in [0.29, 0.717) is 0 Å². The van der Waals surface area contributed by atoms with Gasteiger partial charge in [0.15, 0.2) is 0 Å². The predicted octanol–water partition coefficient (Wildman–Crippen LogP) is 11.8. The molecule has 31 heavy (non-hydrogen) atoms. The summed E-state index contributed by atoms with van der Waals surface area (Å²) in [5, 5.41) is 0. The van der Waals surface area contributed by atoms with E-state index in [4.69, 9.17) is 0 Å². The summed E-state index contributed by atoms with van der Waals surface area (Å²) in [5.74, 6) is 0. The lowest BCUT2D eigenvalue weighted by atomic mass is 10.1. The Morgan fingerprint density at radius 3 is 1.13 bits per heavy atom. The minimum absolute atomic E-state index is 1.23. The Balaban J connectivity index is 4.80. The lowest BCUT2D eigenvalue weighted by molar-refractivity contribution is 0.618. The van der Waals surface area contributed by atoms with Crippen molar-refractivity contribution >= 4 is 8.07 Å². The minimum atomic E-state index is -1.23. The average Bonchev–Trinajstić information content (AvgIpc) is 2.78. The molecule has 0 fully saturated rings. The van der Waals surface area contributed by atoms with E-state index >= 15 is 0 Å². The van der Waals surface area contributed by atoms with Gasteiger partial charge < -0.3 is 0 Å². The molecular weight excluding hydrogens is 388 g/mol. The Labute approximate surface area is 200 Å². The summed E-state index contributed by atoms with van der Waals surface area (Å²) in [6.07, 6.45) is 32.9. The summed E-state index contributed by atoms with van der Waals surface area (Å²) in [7, 11) is -1.23. The highest BCUT2D eigenvalue weighted by atomic mass is 28.3. The molecule has 0 heterocycles. The molecule has 0 aromatic carbocycles. The van der Waals surface area contributed by atoms with Crippen LogP contribution in [0.4, 0.5) is 0 Å². The number of unbranched alkanes of at least 4 members (excludes halogenated alkanes) is 17. The molecule has 0 aliphatic heterocycles. The molecule has 0 saturated carbocycles. The first kappa shape index (κ1) is 31.0. The summed E-state index contributed by atoms with van der Waals surface area (Å²) in [5.41, 5.74) is 2.88. The van der Waals surface area contributed by atoms with E-state index in [1.807, 2.05) is 0 Å². The van der Waals surface area contributed by atoms with Crippen LogP contribution in [-0.2, 0) is 0 Å². The monoisotopic (exact) mass is 450 g/mol. The number of hydrogen-bond acceptors (Lipinski definition) is 0. The molecule has 0 aliphatic rings. The van der Waals surface area contributed by atoms with Crippen LogP contribution < -0.4 is 0 Å². The van der Waals surface area contributed by atoms with Crippen molar-refractivity contribution < 1.29 is 0 Å². The normalized spacial score (nSPS) is 13.8. The van der Waals surface area contributed by atoms with Gasteiger partial charge in [0.2, 0.25) is 0 Å². The molecule has 1 unspecified atom stereocenters. The topological polar surface area (TPSA) is 0 Å². The van der Waals surface area contributed by atoms with Gasteiger partial charge in [0, 0.05) is 0 Å². The summed E-state index contributed by atoms with van der Waals surface area (Å²) < 4.78 is 0. The van der Waals surface area contributed by atoms with Crippen molar-refractivity contribution in [1.82, 2.24) is 0 Å². The van der Waals surface area contributed by atoms with Crippen molar-refractivity contribution in [2.45, 2.75) is 181 Å². The van der Waals surface area contributed by atoms with Crippen LogP contribution in [0.15, 0.2) is 11.8 Å². The highest BCUT2D eigenvalue weighted by Crippen LogP contribution is 2.31. The summed E-state index contributed by atoms with van der Waals surface area (Å²) in [6.45, 7) is 9.35. The highest BCUT2D eigenvalue weighted by Gasteiger charge is 2.28. The third-order valence-corrected chi connectivity index (χ3v) is 12.3. The molecular formula is C30H62Si. The van der Waals surface area contributed by atoms with Crippen LogP contribution in [0.3, 0.4) is 0 Å². The fraction of sp³-hybridized carbons (Fsp3) is 0.933. The van der Waals surface area contributed by atoms with Crippen LogP contribution in [-0.4, -0.2) is 8.07 Å². The van der Waals surface area contributed by atoms with E-state index in [1.165, 1.54) is 135 Å². The fourth-order valence-electron chi connectivity index (χ4n) is 5.07. The maximum absolute atomic E-state index is 2.88. The molecule has 0 radical (unpaired) electrons. The number of allylic oxidation sites excluding steroid dienone is 1. The minimum Gasteiger partial charge on any atom is -0.0981 e. The zero-order chi connectivity index (χ0) is 22.9. The van der Waals surface area contributed by atoms with Crippen molar-refractivity contribution in [3.8, 4) is 0 Å². The molecule has 0 aromatic rings. The molecule has 0 aromatic heterocycles.